The number of ether oxygens (including phenoxy) is 1. The number of nitrogens with one attached hydrogen (secondary N) is 1. The minimum atomic E-state index is -3.96. The lowest BCUT2D eigenvalue weighted by molar-refractivity contribution is 0.403. The predicted molar refractivity (Wildman–Crippen MR) is 105 cm³/mol. The number of benzene rings is 2. The van der Waals surface area contributed by atoms with E-state index < -0.39 is 20.0 Å². The van der Waals surface area contributed by atoms with Gasteiger partial charge < -0.3 is 4.74 Å². The van der Waals surface area contributed by atoms with Crippen LogP contribution in [0, 0.1) is 6.92 Å². The predicted octanol–water partition coefficient (Wildman–Crippen LogP) is 2.73. The van der Waals surface area contributed by atoms with E-state index in [1.165, 1.54) is 23.5 Å². The van der Waals surface area contributed by atoms with Crippen molar-refractivity contribution in [2.75, 3.05) is 28.4 Å². The van der Waals surface area contributed by atoms with E-state index in [0.29, 0.717) is 24.3 Å². The summed E-state index contributed by atoms with van der Waals surface area (Å²) in [6.45, 7) is 2.24. The van der Waals surface area contributed by atoms with E-state index in [-0.39, 0.29) is 16.4 Å². The summed E-state index contributed by atoms with van der Waals surface area (Å²) in [6, 6.07) is 11.3. The molecule has 3 rings (SSSR count). The summed E-state index contributed by atoms with van der Waals surface area (Å²) < 4.78 is 59.5. The second-order valence-electron chi connectivity index (χ2n) is 6.40. The summed E-state index contributed by atoms with van der Waals surface area (Å²) in [6.07, 6.45) is 1.34. The summed E-state index contributed by atoms with van der Waals surface area (Å²) in [5, 5.41) is 0. The molecule has 1 aliphatic heterocycles. The maximum absolute atomic E-state index is 12.9. The first-order chi connectivity index (χ1) is 12.7. The van der Waals surface area contributed by atoms with Crippen molar-refractivity contribution in [1.82, 2.24) is 0 Å². The number of hydrogen-bond donors (Lipinski definition) is 1. The molecule has 0 saturated carbocycles. The highest BCUT2D eigenvalue weighted by atomic mass is 32.2. The summed E-state index contributed by atoms with van der Waals surface area (Å²) in [7, 11) is -6.04. The van der Waals surface area contributed by atoms with Crippen LogP contribution in [0.1, 0.15) is 18.4 Å². The molecule has 0 radical (unpaired) electrons. The first kappa shape index (κ1) is 19.5. The Bertz CT molecular complexity index is 1030. The number of rotatable bonds is 5. The van der Waals surface area contributed by atoms with Gasteiger partial charge in [-0.1, -0.05) is 17.7 Å². The molecule has 0 aliphatic carbocycles. The Morgan fingerprint density at radius 1 is 1.07 bits per heavy atom. The zero-order valence-corrected chi connectivity index (χ0v) is 16.8. The molecule has 2 aromatic rings. The molecule has 1 saturated heterocycles. The van der Waals surface area contributed by atoms with Crippen molar-refractivity contribution >= 4 is 31.4 Å². The van der Waals surface area contributed by atoms with Crippen molar-refractivity contribution in [2.24, 2.45) is 0 Å². The van der Waals surface area contributed by atoms with Crippen molar-refractivity contribution in [2.45, 2.75) is 24.7 Å². The maximum Gasteiger partial charge on any atom is 0.265 e. The van der Waals surface area contributed by atoms with Gasteiger partial charge in [0.25, 0.3) is 10.0 Å². The third-order valence-corrected chi connectivity index (χ3v) is 7.65. The normalized spacial score (nSPS) is 16.7. The summed E-state index contributed by atoms with van der Waals surface area (Å²) in [5.74, 6) is 0.204. The van der Waals surface area contributed by atoms with Crippen LogP contribution in [0.2, 0.25) is 0 Å². The quantitative estimate of drug-likeness (QED) is 0.818. The van der Waals surface area contributed by atoms with Gasteiger partial charge in [-0.2, -0.15) is 0 Å². The third-order valence-electron chi connectivity index (χ3n) is 4.38. The number of nitrogens with zero attached hydrogens (tertiary/aromatic N) is 1. The van der Waals surface area contributed by atoms with Gasteiger partial charge >= 0.3 is 0 Å². The zero-order chi connectivity index (χ0) is 19.7. The highest BCUT2D eigenvalue weighted by molar-refractivity contribution is 7.93. The summed E-state index contributed by atoms with van der Waals surface area (Å²) in [5.41, 5.74) is 1.74. The molecule has 9 heteroatoms. The molecule has 146 valence electrons. The van der Waals surface area contributed by atoms with Crippen molar-refractivity contribution < 1.29 is 21.6 Å². The molecule has 0 atom stereocenters. The largest absolute Gasteiger partial charge is 0.495 e. The number of anilines is 2. The number of methoxy groups -OCH3 is 1. The van der Waals surface area contributed by atoms with E-state index in [4.69, 9.17) is 4.74 Å². The molecule has 0 unspecified atom stereocenters. The average Bonchev–Trinajstić information content (AvgIpc) is 2.62. The molecule has 2 aromatic carbocycles. The summed E-state index contributed by atoms with van der Waals surface area (Å²) in [4.78, 5) is -0.108. The fraction of sp³-hybridized carbons (Fsp3) is 0.333. The van der Waals surface area contributed by atoms with E-state index in [0.717, 1.165) is 12.0 Å². The van der Waals surface area contributed by atoms with E-state index in [1.54, 1.807) is 30.3 Å². The lowest BCUT2D eigenvalue weighted by atomic mass is 10.2. The molecule has 0 spiro atoms. The maximum atomic E-state index is 12.9. The Morgan fingerprint density at radius 2 is 1.78 bits per heavy atom. The standard InChI is InChI=1S/C18H22N2O5S2/c1-14-5-7-15(8-6-14)19-27(23,24)18-13-16(9-10-17(18)25-2)20-11-3-4-12-26(20,21)22/h5-10,13,19H,3-4,11-12H2,1-2H3. The van der Waals surface area contributed by atoms with Gasteiger partial charge in [-0.25, -0.2) is 16.8 Å². The Kier molecular flexibility index (Phi) is 5.34. The molecule has 0 aromatic heterocycles. The highest BCUT2D eigenvalue weighted by Crippen LogP contribution is 2.32. The van der Waals surface area contributed by atoms with Crippen LogP contribution in [0.15, 0.2) is 47.4 Å². The topological polar surface area (TPSA) is 92.8 Å². The molecule has 1 aliphatic rings. The van der Waals surface area contributed by atoms with E-state index in [1.807, 2.05) is 6.92 Å². The van der Waals surface area contributed by atoms with Gasteiger partial charge in [-0.15, -0.1) is 0 Å². The minimum Gasteiger partial charge on any atom is -0.495 e. The monoisotopic (exact) mass is 410 g/mol. The molecule has 0 bridgehead atoms. The van der Waals surface area contributed by atoms with E-state index in [9.17, 15) is 16.8 Å². The smallest absolute Gasteiger partial charge is 0.265 e. The van der Waals surface area contributed by atoms with Gasteiger partial charge in [0.2, 0.25) is 10.0 Å². The molecule has 1 N–H and O–H groups in total. The molecular weight excluding hydrogens is 388 g/mol. The summed E-state index contributed by atoms with van der Waals surface area (Å²) >= 11 is 0. The van der Waals surface area contributed by atoms with Crippen molar-refractivity contribution in [3.8, 4) is 5.75 Å². The van der Waals surface area contributed by atoms with Gasteiger partial charge in [0.15, 0.2) is 0 Å². The van der Waals surface area contributed by atoms with Crippen LogP contribution in [0.25, 0.3) is 0 Å². The first-order valence-electron chi connectivity index (χ1n) is 8.51. The fourth-order valence-electron chi connectivity index (χ4n) is 2.94. The van der Waals surface area contributed by atoms with Crippen LogP contribution < -0.4 is 13.8 Å². The number of sulfonamides is 2. The van der Waals surface area contributed by atoms with Crippen molar-refractivity contribution in [1.29, 1.82) is 0 Å². The van der Waals surface area contributed by atoms with Crippen LogP contribution in [-0.4, -0.2) is 36.2 Å². The number of aryl methyl sites for hydroxylation is 1. The second kappa shape index (κ2) is 7.40. The minimum absolute atomic E-state index is 0.0583. The highest BCUT2D eigenvalue weighted by Gasteiger charge is 2.28. The molecule has 7 nitrogen and oxygen atoms in total. The lowest BCUT2D eigenvalue weighted by Gasteiger charge is -2.28. The molecular formula is C18H22N2O5S2. The van der Waals surface area contributed by atoms with Gasteiger partial charge in [0.1, 0.15) is 10.6 Å². The Hall–Kier alpha value is -2.26. The molecule has 0 amide bonds. The third kappa shape index (κ3) is 4.19. The SMILES string of the molecule is COc1ccc(N2CCCCS2(=O)=O)cc1S(=O)(=O)Nc1ccc(C)cc1. The Labute approximate surface area is 160 Å². The lowest BCUT2D eigenvalue weighted by Crippen LogP contribution is -2.37. The Morgan fingerprint density at radius 3 is 2.41 bits per heavy atom. The van der Waals surface area contributed by atoms with E-state index >= 15 is 0 Å². The van der Waals surface area contributed by atoms with Gasteiger partial charge in [0.05, 0.1) is 18.6 Å². The number of hydrogen-bond acceptors (Lipinski definition) is 5. The van der Waals surface area contributed by atoms with Crippen molar-refractivity contribution in [3.05, 3.63) is 48.0 Å². The first-order valence-corrected chi connectivity index (χ1v) is 11.6. The van der Waals surface area contributed by atoms with Crippen LogP contribution in [0.5, 0.6) is 5.75 Å². The second-order valence-corrected chi connectivity index (χ2v) is 10.1. The molecule has 27 heavy (non-hydrogen) atoms. The van der Waals surface area contributed by atoms with Gasteiger partial charge in [-0.05, 0) is 50.1 Å². The van der Waals surface area contributed by atoms with Crippen LogP contribution >= 0.6 is 0 Å². The van der Waals surface area contributed by atoms with Crippen molar-refractivity contribution in [3.63, 3.8) is 0 Å². The van der Waals surface area contributed by atoms with Crippen LogP contribution in [0.3, 0.4) is 0 Å². The fourth-order valence-corrected chi connectivity index (χ4v) is 5.82. The van der Waals surface area contributed by atoms with E-state index in [2.05, 4.69) is 4.72 Å². The Balaban J connectivity index is 2.01. The van der Waals surface area contributed by atoms with Gasteiger partial charge in [0, 0.05) is 12.2 Å². The molecule has 1 heterocycles. The zero-order valence-electron chi connectivity index (χ0n) is 15.2. The van der Waals surface area contributed by atoms with Crippen LogP contribution in [-0.2, 0) is 20.0 Å². The van der Waals surface area contributed by atoms with Gasteiger partial charge in [-0.3, -0.25) is 9.03 Å². The molecule has 1 fully saturated rings. The van der Waals surface area contributed by atoms with Crippen LogP contribution in [0.4, 0.5) is 11.4 Å². The average molecular weight is 411 g/mol.